The van der Waals surface area contributed by atoms with Gasteiger partial charge in [-0.15, -0.1) is 11.8 Å². The molecule has 0 bridgehead atoms. The monoisotopic (exact) mass is 264 g/mol. The molecule has 0 amide bonds. The predicted octanol–water partition coefficient (Wildman–Crippen LogP) is 3.35. The molecule has 0 radical (unpaired) electrons. The molecule has 82 valence electrons. The van der Waals surface area contributed by atoms with E-state index in [1.54, 1.807) is 12.1 Å². The molecular formula is C10H10Cl2O2S. The number of aliphatic carboxylic acids is 1. The average molecular weight is 265 g/mol. The van der Waals surface area contributed by atoms with Crippen molar-refractivity contribution < 1.29 is 9.90 Å². The van der Waals surface area contributed by atoms with Gasteiger partial charge in [-0.3, -0.25) is 4.79 Å². The lowest BCUT2D eigenvalue weighted by atomic mass is 10.2. The second-order valence-corrected chi connectivity index (χ2v) is 4.88. The molecule has 0 aliphatic carbocycles. The third-order valence-corrected chi connectivity index (χ3v) is 3.29. The lowest BCUT2D eigenvalue weighted by Gasteiger charge is -2.03. The number of benzene rings is 1. The standard InChI is InChI=1S/C10H10Cl2O2S/c11-8-2-1-7(9(12)5-8)3-4-15-6-10(13)14/h1-2,5H,3-4,6H2,(H,13,14). The Labute approximate surface area is 103 Å². The van der Waals surface area contributed by atoms with Crippen molar-refractivity contribution in [3.05, 3.63) is 33.8 Å². The summed E-state index contributed by atoms with van der Waals surface area (Å²) >= 11 is 13.1. The van der Waals surface area contributed by atoms with Crippen molar-refractivity contribution in [3.63, 3.8) is 0 Å². The maximum absolute atomic E-state index is 10.3. The van der Waals surface area contributed by atoms with Crippen LogP contribution in [0.4, 0.5) is 0 Å². The van der Waals surface area contributed by atoms with Gasteiger partial charge < -0.3 is 5.11 Å². The number of hydrogen-bond donors (Lipinski definition) is 1. The zero-order valence-electron chi connectivity index (χ0n) is 7.87. The fraction of sp³-hybridized carbons (Fsp3) is 0.300. The highest BCUT2D eigenvalue weighted by atomic mass is 35.5. The molecule has 5 heteroatoms. The van der Waals surface area contributed by atoms with Gasteiger partial charge in [-0.05, 0) is 29.9 Å². The second kappa shape index (κ2) is 6.26. The minimum absolute atomic E-state index is 0.130. The van der Waals surface area contributed by atoms with E-state index in [0.29, 0.717) is 10.0 Å². The van der Waals surface area contributed by atoms with Crippen LogP contribution in [0.5, 0.6) is 0 Å². The van der Waals surface area contributed by atoms with E-state index in [1.165, 1.54) is 11.8 Å². The van der Waals surface area contributed by atoms with Crippen LogP contribution in [0, 0.1) is 0 Å². The first-order valence-electron chi connectivity index (χ1n) is 4.33. The number of aryl methyl sites for hydroxylation is 1. The Morgan fingerprint density at radius 1 is 1.40 bits per heavy atom. The third-order valence-electron chi connectivity index (χ3n) is 1.76. The van der Waals surface area contributed by atoms with Gasteiger partial charge in [-0.1, -0.05) is 29.3 Å². The van der Waals surface area contributed by atoms with E-state index in [-0.39, 0.29) is 5.75 Å². The van der Waals surface area contributed by atoms with Gasteiger partial charge in [-0.25, -0.2) is 0 Å². The molecule has 15 heavy (non-hydrogen) atoms. The van der Waals surface area contributed by atoms with Crippen LogP contribution in [-0.2, 0) is 11.2 Å². The molecule has 0 aliphatic rings. The summed E-state index contributed by atoms with van der Waals surface area (Å²) in [6.07, 6.45) is 0.758. The zero-order chi connectivity index (χ0) is 11.3. The summed E-state index contributed by atoms with van der Waals surface area (Å²) in [5.41, 5.74) is 0.999. The predicted molar refractivity (Wildman–Crippen MR) is 65.1 cm³/mol. The number of hydrogen-bond acceptors (Lipinski definition) is 2. The number of thioether (sulfide) groups is 1. The molecule has 0 saturated carbocycles. The lowest BCUT2D eigenvalue weighted by Crippen LogP contribution is -2.00. The topological polar surface area (TPSA) is 37.3 Å². The molecule has 2 nitrogen and oxygen atoms in total. The molecule has 0 atom stereocenters. The zero-order valence-corrected chi connectivity index (χ0v) is 10.2. The summed E-state index contributed by atoms with van der Waals surface area (Å²) in [4.78, 5) is 10.3. The van der Waals surface area contributed by atoms with Crippen LogP contribution >= 0.6 is 35.0 Å². The van der Waals surface area contributed by atoms with Crippen LogP contribution in [0.1, 0.15) is 5.56 Å². The van der Waals surface area contributed by atoms with Gasteiger partial charge in [0.05, 0.1) is 5.75 Å². The van der Waals surface area contributed by atoms with E-state index in [4.69, 9.17) is 28.3 Å². The molecule has 0 fully saturated rings. The normalized spacial score (nSPS) is 10.3. The van der Waals surface area contributed by atoms with Gasteiger partial charge in [-0.2, -0.15) is 0 Å². The van der Waals surface area contributed by atoms with E-state index < -0.39 is 5.97 Å². The maximum atomic E-state index is 10.3. The summed E-state index contributed by atoms with van der Waals surface area (Å²) in [7, 11) is 0. The first-order chi connectivity index (χ1) is 7.09. The van der Waals surface area contributed by atoms with Gasteiger partial charge in [0.15, 0.2) is 0 Å². The van der Waals surface area contributed by atoms with Crippen molar-refractivity contribution in [1.29, 1.82) is 0 Å². The van der Waals surface area contributed by atoms with E-state index in [2.05, 4.69) is 0 Å². The fourth-order valence-electron chi connectivity index (χ4n) is 1.07. The van der Waals surface area contributed by atoms with Gasteiger partial charge in [0.1, 0.15) is 0 Å². The summed E-state index contributed by atoms with van der Waals surface area (Å²) in [5, 5.41) is 9.69. The highest BCUT2D eigenvalue weighted by Gasteiger charge is 2.02. The fourth-order valence-corrected chi connectivity index (χ4v) is 2.25. The minimum Gasteiger partial charge on any atom is -0.481 e. The van der Waals surface area contributed by atoms with Crippen molar-refractivity contribution >= 4 is 40.9 Å². The molecule has 1 aromatic carbocycles. The van der Waals surface area contributed by atoms with Crippen LogP contribution in [-0.4, -0.2) is 22.6 Å². The van der Waals surface area contributed by atoms with E-state index in [1.807, 2.05) is 6.07 Å². The van der Waals surface area contributed by atoms with Crippen molar-refractivity contribution in [2.24, 2.45) is 0 Å². The molecule has 1 aromatic rings. The van der Waals surface area contributed by atoms with Crippen molar-refractivity contribution in [3.8, 4) is 0 Å². The highest BCUT2D eigenvalue weighted by Crippen LogP contribution is 2.22. The Hall–Kier alpha value is -0.380. The Bertz CT molecular complexity index is 355. The number of rotatable bonds is 5. The summed E-state index contributed by atoms with van der Waals surface area (Å²) in [5.74, 6) is 0.0842. The smallest absolute Gasteiger partial charge is 0.313 e. The van der Waals surface area contributed by atoms with Crippen LogP contribution in [0.3, 0.4) is 0 Å². The molecule has 0 heterocycles. The number of carboxylic acid groups (broad SMARTS) is 1. The summed E-state index contributed by atoms with van der Waals surface area (Å²) < 4.78 is 0. The van der Waals surface area contributed by atoms with Gasteiger partial charge in [0.25, 0.3) is 0 Å². The number of carbonyl (C=O) groups is 1. The lowest BCUT2D eigenvalue weighted by molar-refractivity contribution is -0.133. The second-order valence-electron chi connectivity index (χ2n) is 2.93. The van der Waals surface area contributed by atoms with Crippen LogP contribution < -0.4 is 0 Å². The van der Waals surface area contributed by atoms with Gasteiger partial charge >= 0.3 is 5.97 Å². The van der Waals surface area contributed by atoms with E-state index in [9.17, 15) is 4.79 Å². The molecule has 0 aromatic heterocycles. The first-order valence-corrected chi connectivity index (χ1v) is 6.24. The molecule has 0 spiro atoms. The van der Waals surface area contributed by atoms with Crippen molar-refractivity contribution in [1.82, 2.24) is 0 Å². The van der Waals surface area contributed by atoms with E-state index in [0.717, 1.165) is 17.7 Å². The largest absolute Gasteiger partial charge is 0.481 e. The quantitative estimate of drug-likeness (QED) is 0.829. The van der Waals surface area contributed by atoms with Crippen LogP contribution in [0.15, 0.2) is 18.2 Å². The van der Waals surface area contributed by atoms with Crippen molar-refractivity contribution in [2.75, 3.05) is 11.5 Å². The molecule has 1 rings (SSSR count). The molecule has 1 N–H and O–H groups in total. The first kappa shape index (κ1) is 12.7. The van der Waals surface area contributed by atoms with Crippen molar-refractivity contribution in [2.45, 2.75) is 6.42 Å². The third kappa shape index (κ3) is 4.78. The molecule has 0 aliphatic heterocycles. The highest BCUT2D eigenvalue weighted by molar-refractivity contribution is 7.99. The van der Waals surface area contributed by atoms with Gasteiger partial charge in [0.2, 0.25) is 0 Å². The van der Waals surface area contributed by atoms with E-state index >= 15 is 0 Å². The van der Waals surface area contributed by atoms with Crippen LogP contribution in [0.2, 0.25) is 10.0 Å². The average Bonchev–Trinajstić information content (AvgIpc) is 2.14. The van der Waals surface area contributed by atoms with Gasteiger partial charge in [0, 0.05) is 10.0 Å². The Morgan fingerprint density at radius 3 is 2.73 bits per heavy atom. The Kier molecular flexibility index (Phi) is 5.29. The summed E-state index contributed by atoms with van der Waals surface area (Å²) in [6, 6.07) is 5.34. The Morgan fingerprint density at radius 2 is 2.13 bits per heavy atom. The number of carboxylic acids is 1. The Balaban J connectivity index is 2.40. The minimum atomic E-state index is -0.790. The maximum Gasteiger partial charge on any atom is 0.313 e. The molecular weight excluding hydrogens is 255 g/mol. The molecule has 0 saturated heterocycles. The molecule has 0 unspecified atom stereocenters. The SMILES string of the molecule is O=C(O)CSCCc1ccc(Cl)cc1Cl. The summed E-state index contributed by atoms with van der Waals surface area (Å²) in [6.45, 7) is 0. The number of halogens is 2. The van der Waals surface area contributed by atoms with Crippen LogP contribution in [0.25, 0.3) is 0 Å².